The van der Waals surface area contributed by atoms with Crippen LogP contribution in [0.2, 0.25) is 0 Å². The molecule has 3 aromatic heterocycles. The van der Waals surface area contributed by atoms with Crippen LogP contribution in [0.4, 0.5) is 11.8 Å². The van der Waals surface area contributed by atoms with Crippen LogP contribution in [0.1, 0.15) is 16.9 Å². The van der Waals surface area contributed by atoms with Crippen LogP contribution < -0.4 is 9.80 Å². The summed E-state index contributed by atoms with van der Waals surface area (Å²) in [6.07, 6.45) is 6.36. The van der Waals surface area contributed by atoms with E-state index in [1.165, 1.54) is 15.8 Å². The highest BCUT2D eigenvalue weighted by Gasteiger charge is 2.21. The highest BCUT2D eigenvalue weighted by atomic mass is 32.1. The van der Waals surface area contributed by atoms with Gasteiger partial charge in [0.15, 0.2) is 0 Å². The predicted molar refractivity (Wildman–Crippen MR) is 98.0 cm³/mol. The molecular formula is C17H20N6S. The fourth-order valence-electron chi connectivity index (χ4n) is 3.19. The number of hydrogen-bond donors (Lipinski definition) is 0. The minimum Gasteiger partial charge on any atom is -0.354 e. The van der Waals surface area contributed by atoms with Crippen LogP contribution in [0.3, 0.4) is 0 Å². The first kappa shape index (κ1) is 15.3. The molecule has 7 heteroatoms. The van der Waals surface area contributed by atoms with E-state index in [1.807, 2.05) is 6.07 Å². The molecule has 0 amide bonds. The third-order valence-corrected chi connectivity index (χ3v) is 5.69. The smallest absolute Gasteiger partial charge is 0.225 e. The fraction of sp³-hybridized carbons (Fsp3) is 0.412. The third kappa shape index (κ3) is 2.69. The summed E-state index contributed by atoms with van der Waals surface area (Å²) in [4.78, 5) is 24.9. The molecule has 0 saturated carbocycles. The van der Waals surface area contributed by atoms with Crippen molar-refractivity contribution in [2.45, 2.75) is 20.3 Å². The maximum Gasteiger partial charge on any atom is 0.225 e. The Kier molecular flexibility index (Phi) is 4.02. The summed E-state index contributed by atoms with van der Waals surface area (Å²) in [5.74, 6) is 1.88. The van der Waals surface area contributed by atoms with Gasteiger partial charge in [0.05, 0.1) is 5.39 Å². The monoisotopic (exact) mass is 340 g/mol. The lowest BCUT2D eigenvalue weighted by Gasteiger charge is -2.23. The van der Waals surface area contributed by atoms with Crippen LogP contribution in [0.15, 0.2) is 24.8 Å². The molecule has 0 atom stereocenters. The van der Waals surface area contributed by atoms with Gasteiger partial charge in [-0.1, -0.05) is 0 Å². The van der Waals surface area contributed by atoms with E-state index in [-0.39, 0.29) is 0 Å². The maximum atomic E-state index is 4.62. The van der Waals surface area contributed by atoms with Gasteiger partial charge >= 0.3 is 0 Å². The fourth-order valence-corrected chi connectivity index (χ4v) is 4.18. The molecule has 24 heavy (non-hydrogen) atoms. The first-order valence-corrected chi connectivity index (χ1v) is 9.03. The highest BCUT2D eigenvalue weighted by Crippen LogP contribution is 2.34. The summed E-state index contributed by atoms with van der Waals surface area (Å²) >= 11 is 1.75. The zero-order valence-corrected chi connectivity index (χ0v) is 14.8. The zero-order chi connectivity index (χ0) is 16.5. The van der Waals surface area contributed by atoms with Gasteiger partial charge in [-0.2, -0.15) is 0 Å². The summed E-state index contributed by atoms with van der Waals surface area (Å²) in [5.41, 5.74) is 1.30. The molecule has 6 nitrogen and oxygen atoms in total. The van der Waals surface area contributed by atoms with E-state index < -0.39 is 0 Å². The highest BCUT2D eigenvalue weighted by molar-refractivity contribution is 7.18. The second-order valence-electron chi connectivity index (χ2n) is 6.04. The molecule has 1 aliphatic heterocycles. The summed E-state index contributed by atoms with van der Waals surface area (Å²) in [5, 5.41) is 1.21. The van der Waals surface area contributed by atoms with Crippen molar-refractivity contribution >= 4 is 33.3 Å². The Morgan fingerprint density at radius 3 is 2.50 bits per heavy atom. The van der Waals surface area contributed by atoms with Gasteiger partial charge in [0.1, 0.15) is 17.0 Å². The van der Waals surface area contributed by atoms with Crippen molar-refractivity contribution in [1.29, 1.82) is 0 Å². The number of aryl methyl sites for hydroxylation is 2. The Labute approximate surface area is 145 Å². The number of aromatic nitrogens is 4. The Bertz CT molecular complexity index is 847. The summed E-state index contributed by atoms with van der Waals surface area (Å²) in [6.45, 7) is 8.10. The minimum absolute atomic E-state index is 0.815. The van der Waals surface area contributed by atoms with Crippen LogP contribution in [0, 0.1) is 13.8 Å². The number of nitrogens with zero attached hydrogens (tertiary/aromatic N) is 6. The number of thiophene rings is 1. The van der Waals surface area contributed by atoms with Crippen LogP contribution in [0.25, 0.3) is 10.2 Å². The van der Waals surface area contributed by atoms with Gasteiger partial charge in [-0.3, -0.25) is 0 Å². The molecule has 124 valence electrons. The summed E-state index contributed by atoms with van der Waals surface area (Å²) in [7, 11) is 0. The van der Waals surface area contributed by atoms with Gasteiger partial charge in [-0.05, 0) is 31.9 Å². The molecule has 0 aliphatic carbocycles. The molecule has 0 bridgehead atoms. The van der Waals surface area contributed by atoms with Gasteiger partial charge in [0, 0.05) is 43.4 Å². The first-order chi connectivity index (χ1) is 11.7. The molecule has 3 aromatic rings. The summed E-state index contributed by atoms with van der Waals surface area (Å²) < 4.78 is 0. The van der Waals surface area contributed by atoms with E-state index in [9.17, 15) is 0 Å². The molecule has 4 rings (SSSR count). The molecule has 1 fully saturated rings. The lowest BCUT2D eigenvalue weighted by molar-refractivity contribution is 0.781. The van der Waals surface area contributed by atoms with E-state index in [1.54, 1.807) is 30.1 Å². The van der Waals surface area contributed by atoms with Gasteiger partial charge in [0.25, 0.3) is 0 Å². The number of hydrogen-bond acceptors (Lipinski definition) is 7. The quantitative estimate of drug-likeness (QED) is 0.715. The van der Waals surface area contributed by atoms with Crippen LogP contribution in [-0.2, 0) is 0 Å². The maximum absolute atomic E-state index is 4.62. The van der Waals surface area contributed by atoms with E-state index in [0.29, 0.717) is 0 Å². The predicted octanol–water partition coefficient (Wildman–Crippen LogP) is 2.81. The van der Waals surface area contributed by atoms with Crippen LogP contribution >= 0.6 is 11.3 Å². The van der Waals surface area contributed by atoms with Gasteiger partial charge in [0.2, 0.25) is 5.95 Å². The molecule has 0 unspecified atom stereocenters. The van der Waals surface area contributed by atoms with E-state index in [4.69, 9.17) is 0 Å². The second kappa shape index (κ2) is 6.32. The standard InChI is InChI=1S/C17H20N6S/c1-12-13(2)24-16-14(12)15(20-11-21-16)22-7-4-8-23(10-9-22)17-18-5-3-6-19-17/h3,5-6,11H,4,7-10H2,1-2H3. The van der Waals surface area contributed by atoms with Gasteiger partial charge < -0.3 is 9.80 Å². The molecule has 0 spiro atoms. The molecular weight excluding hydrogens is 320 g/mol. The topological polar surface area (TPSA) is 58.0 Å². The van der Waals surface area contributed by atoms with Crippen molar-refractivity contribution in [2.24, 2.45) is 0 Å². The van der Waals surface area contributed by atoms with Crippen molar-refractivity contribution in [3.05, 3.63) is 35.2 Å². The molecule has 0 aromatic carbocycles. The van der Waals surface area contributed by atoms with Crippen molar-refractivity contribution < 1.29 is 0 Å². The Morgan fingerprint density at radius 2 is 1.67 bits per heavy atom. The molecule has 0 N–H and O–H groups in total. The van der Waals surface area contributed by atoms with Crippen molar-refractivity contribution in [3.63, 3.8) is 0 Å². The average Bonchev–Trinajstić information content (AvgIpc) is 2.80. The van der Waals surface area contributed by atoms with Crippen LogP contribution in [0.5, 0.6) is 0 Å². The number of anilines is 2. The van der Waals surface area contributed by atoms with Gasteiger partial charge in [-0.25, -0.2) is 19.9 Å². The van der Waals surface area contributed by atoms with Crippen LogP contribution in [-0.4, -0.2) is 46.1 Å². The first-order valence-electron chi connectivity index (χ1n) is 8.21. The molecule has 4 heterocycles. The number of fused-ring (bicyclic) bond motifs is 1. The molecule has 0 radical (unpaired) electrons. The second-order valence-corrected chi connectivity index (χ2v) is 7.24. The lowest BCUT2D eigenvalue weighted by Crippen LogP contribution is -2.32. The largest absolute Gasteiger partial charge is 0.354 e. The zero-order valence-electron chi connectivity index (χ0n) is 13.9. The van der Waals surface area contributed by atoms with E-state index in [0.717, 1.165) is 49.2 Å². The third-order valence-electron chi connectivity index (χ3n) is 4.58. The molecule has 1 aliphatic rings. The van der Waals surface area contributed by atoms with Crippen molar-refractivity contribution in [2.75, 3.05) is 36.0 Å². The van der Waals surface area contributed by atoms with Gasteiger partial charge in [-0.15, -0.1) is 11.3 Å². The number of rotatable bonds is 2. The Balaban J connectivity index is 1.62. The Morgan fingerprint density at radius 1 is 0.917 bits per heavy atom. The average molecular weight is 340 g/mol. The van der Waals surface area contributed by atoms with Crippen molar-refractivity contribution in [3.8, 4) is 0 Å². The molecule has 1 saturated heterocycles. The van der Waals surface area contributed by atoms with E-state index in [2.05, 4.69) is 43.6 Å². The SMILES string of the molecule is Cc1sc2ncnc(N3CCCN(c4ncccn4)CC3)c2c1C. The Hall–Kier alpha value is -2.28. The van der Waals surface area contributed by atoms with Crippen molar-refractivity contribution in [1.82, 2.24) is 19.9 Å². The minimum atomic E-state index is 0.815. The summed E-state index contributed by atoms with van der Waals surface area (Å²) in [6, 6.07) is 1.85. The lowest BCUT2D eigenvalue weighted by atomic mass is 10.2. The van der Waals surface area contributed by atoms with E-state index >= 15 is 0 Å². The normalized spacial score (nSPS) is 15.8.